The van der Waals surface area contributed by atoms with Crippen molar-refractivity contribution in [3.8, 4) is 17.2 Å². The third kappa shape index (κ3) is 3.61. The maximum atomic E-state index is 13.6. The molecular formula is C21H18F3N5O3. The molecule has 0 aliphatic rings. The van der Waals surface area contributed by atoms with Crippen molar-refractivity contribution in [1.82, 2.24) is 14.8 Å². The lowest BCUT2D eigenvalue weighted by Crippen LogP contribution is -2.18. The Balaban J connectivity index is 1.77. The number of aromatic nitrogens is 3. The van der Waals surface area contributed by atoms with Gasteiger partial charge in [-0.25, -0.2) is 4.98 Å². The Hall–Kier alpha value is -4.02. The van der Waals surface area contributed by atoms with Crippen LogP contribution in [0.5, 0.6) is 5.75 Å². The minimum atomic E-state index is -4.92. The quantitative estimate of drug-likeness (QED) is 0.466. The van der Waals surface area contributed by atoms with E-state index in [0.29, 0.717) is 23.0 Å². The number of amides is 1. The van der Waals surface area contributed by atoms with Crippen molar-refractivity contribution >= 4 is 28.3 Å². The predicted molar refractivity (Wildman–Crippen MR) is 111 cm³/mol. The monoisotopic (exact) mass is 445 g/mol. The van der Waals surface area contributed by atoms with Gasteiger partial charge < -0.3 is 20.2 Å². The van der Waals surface area contributed by atoms with E-state index in [1.807, 2.05) is 6.92 Å². The minimum Gasteiger partial charge on any atom is -0.494 e. The number of aryl methyl sites for hydroxylation is 1. The number of nitrogens with two attached hydrogens (primary N) is 1. The van der Waals surface area contributed by atoms with Crippen LogP contribution in [-0.2, 0) is 12.7 Å². The number of oxazole rings is 1. The van der Waals surface area contributed by atoms with Gasteiger partial charge in [0.2, 0.25) is 11.7 Å². The molecule has 0 fully saturated rings. The third-order valence-electron chi connectivity index (χ3n) is 4.77. The van der Waals surface area contributed by atoms with Crippen molar-refractivity contribution in [3.05, 3.63) is 53.9 Å². The number of carbonyl (C=O) groups is 1. The van der Waals surface area contributed by atoms with Crippen LogP contribution in [0, 0.1) is 0 Å². The van der Waals surface area contributed by atoms with Gasteiger partial charge in [-0.15, -0.1) is 0 Å². The number of alkyl halides is 3. The molecule has 0 atom stereocenters. The summed E-state index contributed by atoms with van der Waals surface area (Å²) in [6, 6.07) is 11.1. The highest BCUT2D eigenvalue weighted by atomic mass is 19.4. The molecule has 2 aromatic heterocycles. The predicted octanol–water partition coefficient (Wildman–Crippen LogP) is 4.57. The van der Waals surface area contributed by atoms with Gasteiger partial charge in [0.15, 0.2) is 17.3 Å². The molecule has 2 heterocycles. The first-order chi connectivity index (χ1) is 15.2. The fourth-order valence-electron chi connectivity index (χ4n) is 3.37. The van der Waals surface area contributed by atoms with E-state index >= 15 is 0 Å². The zero-order valence-corrected chi connectivity index (χ0v) is 17.0. The van der Waals surface area contributed by atoms with Gasteiger partial charge in [-0.2, -0.15) is 18.3 Å². The van der Waals surface area contributed by atoms with Crippen LogP contribution >= 0.6 is 0 Å². The van der Waals surface area contributed by atoms with Crippen molar-refractivity contribution in [2.24, 2.45) is 0 Å². The van der Waals surface area contributed by atoms with Crippen LogP contribution in [0.2, 0.25) is 0 Å². The number of methoxy groups -OCH3 is 1. The molecule has 4 rings (SSSR count). The molecule has 4 aromatic rings. The van der Waals surface area contributed by atoms with Crippen molar-refractivity contribution in [1.29, 1.82) is 0 Å². The number of nitrogens with one attached hydrogen (secondary N) is 1. The Labute approximate surface area is 179 Å². The fraction of sp³-hybridized carbons (Fsp3) is 0.190. The highest BCUT2D eigenvalue weighted by Gasteiger charge is 2.42. The number of anilines is 2. The number of ether oxygens (including phenoxy) is 1. The Morgan fingerprint density at radius 3 is 2.56 bits per heavy atom. The van der Waals surface area contributed by atoms with E-state index in [1.165, 1.54) is 25.3 Å². The van der Waals surface area contributed by atoms with Gasteiger partial charge in [0, 0.05) is 12.1 Å². The normalized spacial score (nSPS) is 11.7. The highest BCUT2D eigenvalue weighted by Crippen LogP contribution is 2.39. The topological polar surface area (TPSA) is 108 Å². The lowest BCUT2D eigenvalue weighted by molar-refractivity contribution is -0.153. The number of rotatable bonds is 5. The number of halogens is 3. The van der Waals surface area contributed by atoms with E-state index in [0.717, 1.165) is 0 Å². The van der Waals surface area contributed by atoms with Gasteiger partial charge in [0.1, 0.15) is 0 Å². The summed E-state index contributed by atoms with van der Waals surface area (Å²) in [5, 5.41) is 7.07. The van der Waals surface area contributed by atoms with E-state index in [1.54, 1.807) is 28.9 Å². The molecule has 0 saturated carbocycles. The van der Waals surface area contributed by atoms with Crippen LogP contribution in [-0.4, -0.2) is 27.8 Å². The first kappa shape index (κ1) is 21.2. The number of hydrogen-bond donors (Lipinski definition) is 2. The Kier molecular flexibility index (Phi) is 5.25. The summed E-state index contributed by atoms with van der Waals surface area (Å²) >= 11 is 0. The average molecular weight is 445 g/mol. The van der Waals surface area contributed by atoms with Crippen LogP contribution in [0.25, 0.3) is 22.4 Å². The molecule has 8 nitrogen and oxygen atoms in total. The Morgan fingerprint density at radius 1 is 1.22 bits per heavy atom. The molecule has 0 aliphatic carbocycles. The second-order valence-corrected chi connectivity index (χ2v) is 6.76. The van der Waals surface area contributed by atoms with Gasteiger partial charge in [-0.3, -0.25) is 9.48 Å². The van der Waals surface area contributed by atoms with Crippen LogP contribution in [0.1, 0.15) is 23.2 Å². The van der Waals surface area contributed by atoms with Crippen LogP contribution < -0.4 is 15.8 Å². The molecule has 0 bridgehead atoms. The molecule has 0 saturated heterocycles. The van der Waals surface area contributed by atoms with Gasteiger partial charge in [-0.1, -0.05) is 18.2 Å². The fourth-order valence-corrected chi connectivity index (χ4v) is 3.37. The van der Waals surface area contributed by atoms with Crippen LogP contribution in [0.4, 0.5) is 24.7 Å². The first-order valence-corrected chi connectivity index (χ1v) is 9.52. The van der Waals surface area contributed by atoms with Gasteiger partial charge in [-0.05, 0) is 31.2 Å². The molecular weight excluding hydrogens is 427 g/mol. The van der Waals surface area contributed by atoms with E-state index in [4.69, 9.17) is 14.9 Å². The second kappa shape index (κ2) is 7.91. The van der Waals surface area contributed by atoms with Crippen molar-refractivity contribution in [2.75, 3.05) is 18.2 Å². The summed E-state index contributed by atoms with van der Waals surface area (Å²) in [6.07, 6.45) is -4.92. The zero-order valence-electron chi connectivity index (χ0n) is 17.0. The smallest absolute Gasteiger partial charge is 0.452 e. The molecule has 0 radical (unpaired) electrons. The number of nitrogens with zero attached hydrogens (tertiary/aromatic N) is 3. The van der Waals surface area contributed by atoms with Crippen molar-refractivity contribution in [3.63, 3.8) is 0 Å². The second-order valence-electron chi connectivity index (χ2n) is 6.76. The maximum Gasteiger partial charge on any atom is 0.452 e. The largest absolute Gasteiger partial charge is 0.494 e. The lowest BCUT2D eigenvalue weighted by atomic mass is 10.2. The van der Waals surface area contributed by atoms with E-state index < -0.39 is 23.5 Å². The summed E-state index contributed by atoms with van der Waals surface area (Å²) in [6.45, 7) is 2.42. The third-order valence-corrected chi connectivity index (χ3v) is 4.77. The molecule has 0 spiro atoms. The molecule has 0 unspecified atom stereocenters. The number of hydrogen-bond acceptors (Lipinski definition) is 6. The summed E-state index contributed by atoms with van der Waals surface area (Å²) in [7, 11) is 1.36. The Morgan fingerprint density at radius 2 is 1.94 bits per heavy atom. The maximum absolute atomic E-state index is 13.6. The molecule has 0 aliphatic heterocycles. The van der Waals surface area contributed by atoms with Gasteiger partial charge in [0.05, 0.1) is 23.7 Å². The van der Waals surface area contributed by atoms with Gasteiger partial charge in [0.25, 0.3) is 5.91 Å². The summed E-state index contributed by atoms with van der Waals surface area (Å²) in [5.41, 5.74) is 6.17. The molecule has 166 valence electrons. The standard InChI is InChI=1S/C21H18F3N5O3/c1-3-29-13-10-9-12(16(31-2)14(13)18(25)28-29)26-19(30)15-17(21(22,23)24)32-20(27-15)11-7-5-4-6-8-11/h4-10H,3H2,1-2H3,(H2,25,28)(H,26,30). The van der Waals surface area contributed by atoms with E-state index in [2.05, 4.69) is 15.4 Å². The molecule has 3 N–H and O–H groups in total. The molecule has 32 heavy (non-hydrogen) atoms. The SMILES string of the molecule is CCn1nc(N)c2c(OC)c(NC(=O)c3nc(-c4ccccc4)oc3C(F)(F)F)ccc21. The van der Waals surface area contributed by atoms with Gasteiger partial charge >= 0.3 is 6.18 Å². The molecule has 1 amide bonds. The zero-order chi connectivity index (χ0) is 23.0. The lowest BCUT2D eigenvalue weighted by Gasteiger charge is -2.12. The first-order valence-electron chi connectivity index (χ1n) is 9.52. The minimum absolute atomic E-state index is 0.115. The van der Waals surface area contributed by atoms with E-state index in [-0.39, 0.29) is 23.1 Å². The summed E-state index contributed by atoms with van der Waals surface area (Å²) in [5.74, 6) is -2.58. The van der Waals surface area contributed by atoms with Crippen LogP contribution in [0.3, 0.4) is 0 Å². The summed E-state index contributed by atoms with van der Waals surface area (Å²) < 4.78 is 52.6. The number of fused-ring (bicyclic) bond motifs is 1. The number of benzene rings is 2. The van der Waals surface area contributed by atoms with Crippen molar-refractivity contribution < 1.29 is 27.1 Å². The number of carbonyl (C=O) groups excluding carboxylic acids is 1. The van der Waals surface area contributed by atoms with Crippen LogP contribution in [0.15, 0.2) is 46.9 Å². The molecule has 2 aromatic carbocycles. The highest BCUT2D eigenvalue weighted by molar-refractivity contribution is 6.08. The molecule has 11 heteroatoms. The van der Waals surface area contributed by atoms with E-state index in [9.17, 15) is 18.0 Å². The Bertz CT molecular complexity index is 1300. The summed E-state index contributed by atoms with van der Waals surface area (Å²) in [4.78, 5) is 16.7. The number of nitrogen functional groups attached to an aromatic ring is 1. The van der Waals surface area contributed by atoms with Crippen molar-refractivity contribution in [2.45, 2.75) is 19.6 Å². The average Bonchev–Trinajstić information content (AvgIpc) is 3.36.